The number of carbonyl (C=O) groups is 1. The first-order valence-electron chi connectivity index (χ1n) is 6.32. The van der Waals surface area contributed by atoms with Gasteiger partial charge in [0.05, 0.1) is 17.1 Å². The van der Waals surface area contributed by atoms with Crippen LogP contribution in [0.4, 0.5) is 0 Å². The summed E-state index contributed by atoms with van der Waals surface area (Å²) in [4.78, 5) is 14.5. The molecule has 0 saturated carbocycles. The second-order valence-electron chi connectivity index (χ2n) is 5.30. The fourth-order valence-electron chi connectivity index (χ4n) is 2.31. The minimum atomic E-state index is -0.165. The van der Waals surface area contributed by atoms with Crippen molar-refractivity contribution in [3.8, 4) is 5.75 Å². The Morgan fingerprint density at radius 2 is 2.21 bits per heavy atom. The number of amides is 1. The maximum atomic E-state index is 12.6. The molecule has 1 saturated heterocycles. The van der Waals surface area contributed by atoms with Crippen molar-refractivity contribution < 1.29 is 9.53 Å². The number of piperazine rings is 1. The van der Waals surface area contributed by atoms with Gasteiger partial charge < -0.3 is 15.0 Å². The largest absolute Gasteiger partial charge is 0.496 e. The van der Waals surface area contributed by atoms with E-state index in [-0.39, 0.29) is 11.4 Å². The fraction of sp³-hybridized carbons (Fsp3) is 0.500. The predicted molar refractivity (Wildman–Crippen MR) is 78.7 cm³/mol. The van der Waals surface area contributed by atoms with Gasteiger partial charge in [0.15, 0.2) is 0 Å². The third kappa shape index (κ3) is 2.92. The first kappa shape index (κ1) is 14.3. The third-order valence-electron chi connectivity index (χ3n) is 3.44. The van der Waals surface area contributed by atoms with Crippen molar-refractivity contribution in [2.24, 2.45) is 0 Å². The van der Waals surface area contributed by atoms with Gasteiger partial charge in [0.1, 0.15) is 5.75 Å². The van der Waals surface area contributed by atoms with E-state index < -0.39 is 0 Å². The lowest BCUT2D eigenvalue weighted by Crippen LogP contribution is -2.59. The molecule has 1 heterocycles. The maximum Gasteiger partial charge on any atom is 0.254 e. The summed E-state index contributed by atoms with van der Waals surface area (Å²) in [6, 6.07) is 5.44. The van der Waals surface area contributed by atoms with E-state index >= 15 is 0 Å². The van der Waals surface area contributed by atoms with Crippen LogP contribution in [0.15, 0.2) is 22.7 Å². The highest BCUT2D eigenvalue weighted by atomic mass is 79.9. The van der Waals surface area contributed by atoms with Crippen LogP contribution < -0.4 is 10.1 Å². The number of hydrogen-bond acceptors (Lipinski definition) is 3. The molecule has 0 spiro atoms. The van der Waals surface area contributed by atoms with Gasteiger partial charge in [0, 0.05) is 25.2 Å². The molecule has 1 aromatic carbocycles. The van der Waals surface area contributed by atoms with Gasteiger partial charge in [-0.2, -0.15) is 0 Å². The van der Waals surface area contributed by atoms with Crippen LogP contribution >= 0.6 is 15.9 Å². The molecule has 1 aromatic rings. The smallest absolute Gasteiger partial charge is 0.254 e. The maximum absolute atomic E-state index is 12.6. The summed E-state index contributed by atoms with van der Waals surface area (Å²) in [6.45, 7) is 6.54. The van der Waals surface area contributed by atoms with Gasteiger partial charge in [-0.3, -0.25) is 4.79 Å². The lowest BCUT2D eigenvalue weighted by Gasteiger charge is -2.42. The molecule has 1 fully saturated rings. The lowest BCUT2D eigenvalue weighted by molar-refractivity contribution is 0.0477. The van der Waals surface area contributed by atoms with Crippen molar-refractivity contribution in [3.05, 3.63) is 28.2 Å². The van der Waals surface area contributed by atoms with E-state index in [0.29, 0.717) is 5.56 Å². The van der Waals surface area contributed by atoms with E-state index in [1.54, 1.807) is 7.11 Å². The van der Waals surface area contributed by atoms with Crippen molar-refractivity contribution in [2.75, 3.05) is 26.7 Å². The Kier molecular flexibility index (Phi) is 4.16. The fourth-order valence-corrected chi connectivity index (χ4v) is 2.86. The number of ether oxygens (including phenoxy) is 1. The van der Waals surface area contributed by atoms with Gasteiger partial charge in [-0.1, -0.05) is 0 Å². The topological polar surface area (TPSA) is 41.6 Å². The standard InChI is InChI=1S/C14H19BrN2O2/c1-14(2)9-16-6-7-17(14)13(18)10-4-5-12(19-3)11(15)8-10/h4-5,8,16H,6-7,9H2,1-3H3. The van der Waals surface area contributed by atoms with Crippen LogP contribution in [0.1, 0.15) is 24.2 Å². The molecule has 19 heavy (non-hydrogen) atoms. The van der Waals surface area contributed by atoms with E-state index in [2.05, 4.69) is 35.1 Å². The minimum Gasteiger partial charge on any atom is -0.496 e. The summed E-state index contributed by atoms with van der Waals surface area (Å²) in [5.74, 6) is 0.797. The van der Waals surface area contributed by atoms with E-state index in [9.17, 15) is 4.79 Å². The van der Waals surface area contributed by atoms with Crippen LogP contribution in [0.2, 0.25) is 0 Å². The summed E-state index contributed by atoms with van der Waals surface area (Å²) in [7, 11) is 1.61. The normalized spacial score (nSPS) is 18.2. The zero-order valence-corrected chi connectivity index (χ0v) is 13.1. The van der Waals surface area contributed by atoms with Crippen molar-refractivity contribution >= 4 is 21.8 Å². The number of nitrogens with one attached hydrogen (secondary N) is 1. The second-order valence-corrected chi connectivity index (χ2v) is 6.15. The van der Waals surface area contributed by atoms with Crippen molar-refractivity contribution in [2.45, 2.75) is 19.4 Å². The Labute approximate surface area is 122 Å². The SMILES string of the molecule is COc1ccc(C(=O)N2CCNCC2(C)C)cc1Br. The number of rotatable bonds is 2. The number of halogens is 1. The van der Waals surface area contributed by atoms with Crippen LogP contribution in [0.25, 0.3) is 0 Å². The van der Waals surface area contributed by atoms with Crippen molar-refractivity contribution in [3.63, 3.8) is 0 Å². The van der Waals surface area contributed by atoms with Gasteiger partial charge in [0.25, 0.3) is 5.91 Å². The lowest BCUT2D eigenvalue weighted by atomic mass is 9.98. The molecule has 0 aliphatic carbocycles. The zero-order chi connectivity index (χ0) is 14.0. The summed E-state index contributed by atoms with van der Waals surface area (Å²) < 4.78 is 5.98. The molecule has 4 nitrogen and oxygen atoms in total. The number of hydrogen-bond donors (Lipinski definition) is 1. The van der Waals surface area contributed by atoms with E-state index in [1.165, 1.54) is 0 Å². The Morgan fingerprint density at radius 1 is 1.47 bits per heavy atom. The van der Waals surface area contributed by atoms with Crippen molar-refractivity contribution in [1.82, 2.24) is 10.2 Å². The average molecular weight is 327 g/mol. The molecular formula is C14H19BrN2O2. The van der Waals surface area contributed by atoms with E-state index in [0.717, 1.165) is 29.9 Å². The first-order valence-corrected chi connectivity index (χ1v) is 7.11. The van der Waals surface area contributed by atoms with Crippen LogP contribution in [0.5, 0.6) is 5.75 Å². The van der Waals surface area contributed by atoms with Gasteiger partial charge in [-0.15, -0.1) is 0 Å². The monoisotopic (exact) mass is 326 g/mol. The van der Waals surface area contributed by atoms with Gasteiger partial charge in [0.2, 0.25) is 0 Å². The highest BCUT2D eigenvalue weighted by Gasteiger charge is 2.33. The highest BCUT2D eigenvalue weighted by molar-refractivity contribution is 9.10. The number of benzene rings is 1. The van der Waals surface area contributed by atoms with Gasteiger partial charge in [-0.25, -0.2) is 0 Å². The molecule has 1 aliphatic heterocycles. The molecule has 1 N–H and O–H groups in total. The van der Waals surface area contributed by atoms with Crippen LogP contribution in [-0.2, 0) is 0 Å². The number of carbonyl (C=O) groups excluding carboxylic acids is 1. The van der Waals surface area contributed by atoms with Gasteiger partial charge in [-0.05, 0) is 48.0 Å². The Morgan fingerprint density at radius 3 is 2.79 bits per heavy atom. The quantitative estimate of drug-likeness (QED) is 0.906. The number of methoxy groups -OCH3 is 1. The number of nitrogens with zero attached hydrogens (tertiary/aromatic N) is 1. The van der Waals surface area contributed by atoms with Gasteiger partial charge >= 0.3 is 0 Å². The first-order chi connectivity index (χ1) is 8.95. The second kappa shape index (κ2) is 5.51. The summed E-state index contributed by atoms with van der Waals surface area (Å²) >= 11 is 3.42. The van der Waals surface area contributed by atoms with Crippen LogP contribution in [-0.4, -0.2) is 43.1 Å². The highest BCUT2D eigenvalue weighted by Crippen LogP contribution is 2.27. The molecule has 0 unspecified atom stereocenters. The summed E-state index contributed by atoms with van der Waals surface area (Å²) in [6.07, 6.45) is 0. The molecule has 0 bridgehead atoms. The molecule has 0 aromatic heterocycles. The Balaban J connectivity index is 2.26. The van der Waals surface area contributed by atoms with Crippen molar-refractivity contribution in [1.29, 1.82) is 0 Å². The van der Waals surface area contributed by atoms with E-state index in [4.69, 9.17) is 4.74 Å². The molecule has 1 aliphatic rings. The van der Waals surface area contributed by atoms with E-state index in [1.807, 2.05) is 23.1 Å². The zero-order valence-electron chi connectivity index (χ0n) is 11.5. The summed E-state index contributed by atoms with van der Waals surface area (Å²) in [5.41, 5.74) is 0.518. The molecular weight excluding hydrogens is 308 g/mol. The minimum absolute atomic E-state index is 0.0647. The molecule has 2 rings (SSSR count). The Hall–Kier alpha value is -1.07. The average Bonchev–Trinajstić information content (AvgIpc) is 2.37. The molecule has 1 amide bonds. The van der Waals surface area contributed by atoms with Crippen LogP contribution in [0, 0.1) is 0 Å². The third-order valence-corrected chi connectivity index (χ3v) is 4.06. The molecule has 0 radical (unpaired) electrons. The Bertz CT molecular complexity index is 488. The summed E-state index contributed by atoms with van der Waals surface area (Å²) in [5, 5.41) is 3.32. The van der Waals surface area contributed by atoms with Crippen LogP contribution in [0.3, 0.4) is 0 Å². The molecule has 0 atom stereocenters. The molecule has 104 valence electrons. The molecule has 5 heteroatoms. The predicted octanol–water partition coefficient (Wildman–Crippen LogP) is 2.28.